The Morgan fingerprint density at radius 1 is 0.897 bits per heavy atom. The molecule has 0 saturated heterocycles. The van der Waals surface area contributed by atoms with Gasteiger partial charge in [0.25, 0.3) is 0 Å². The van der Waals surface area contributed by atoms with E-state index in [1.165, 1.54) is 36.4 Å². The monoisotopic (exact) mass is 460 g/mol. The van der Waals surface area contributed by atoms with Crippen molar-refractivity contribution in [3.63, 3.8) is 0 Å². The van der Waals surface area contributed by atoms with Gasteiger partial charge in [-0.1, -0.05) is 58.2 Å². The van der Waals surface area contributed by atoms with Crippen LogP contribution in [-0.2, 0) is 20.2 Å². The second-order valence-corrected chi connectivity index (χ2v) is 8.32. The van der Waals surface area contributed by atoms with Crippen molar-refractivity contribution in [2.75, 3.05) is 0 Å². The molecule has 10 heteroatoms. The van der Waals surface area contributed by atoms with Crippen LogP contribution < -0.4 is 59.1 Å². The molecule has 0 heterocycles. The molecule has 0 fully saturated rings. The quantitative estimate of drug-likeness (QED) is 0.385. The SMILES string of the molecule is C.C=Cc1ccc(S(=O)(=O)[O-])cc1.CCC(C)c1ccc(S(=O)(=O)[O-])cc1.[HH].[Na+].[Na+]. The van der Waals surface area contributed by atoms with Crippen LogP contribution in [0.1, 0.15) is 46.2 Å². The topological polar surface area (TPSA) is 114 Å². The van der Waals surface area contributed by atoms with E-state index in [0.717, 1.165) is 17.5 Å². The Kier molecular flexibility index (Phi) is 17.3. The van der Waals surface area contributed by atoms with Gasteiger partial charge in [0.1, 0.15) is 20.2 Å². The summed E-state index contributed by atoms with van der Waals surface area (Å²) in [6.07, 6.45) is 2.56. The van der Waals surface area contributed by atoms with Crippen LogP contribution in [0.4, 0.5) is 0 Å². The maximum Gasteiger partial charge on any atom is 1.00 e. The first-order valence-corrected chi connectivity index (χ1v) is 10.5. The third-order valence-electron chi connectivity index (χ3n) is 3.75. The zero-order chi connectivity index (χ0) is 20.0. The van der Waals surface area contributed by atoms with E-state index in [0.29, 0.717) is 5.92 Å². The molecule has 0 amide bonds. The van der Waals surface area contributed by atoms with E-state index in [-0.39, 0.29) is 77.8 Å². The van der Waals surface area contributed by atoms with Gasteiger partial charge in [0.2, 0.25) is 0 Å². The molecule has 0 aromatic heterocycles. The van der Waals surface area contributed by atoms with E-state index in [4.69, 9.17) is 0 Å². The summed E-state index contributed by atoms with van der Waals surface area (Å²) in [6.45, 7) is 7.61. The number of hydrogen-bond acceptors (Lipinski definition) is 6. The molecule has 6 nitrogen and oxygen atoms in total. The third kappa shape index (κ3) is 11.8. The fourth-order valence-electron chi connectivity index (χ4n) is 1.97. The molecule has 0 N–H and O–H groups in total. The predicted octanol–water partition coefficient (Wildman–Crippen LogP) is -1.77. The van der Waals surface area contributed by atoms with Gasteiger partial charge in [-0.2, -0.15) is 0 Å². The minimum atomic E-state index is -4.31. The van der Waals surface area contributed by atoms with Crippen molar-refractivity contribution in [1.82, 2.24) is 0 Å². The molecular weight excluding hydrogens is 434 g/mol. The van der Waals surface area contributed by atoms with Crippen molar-refractivity contribution in [1.29, 1.82) is 0 Å². The number of rotatable bonds is 5. The Hall–Kier alpha value is 0.000000000000000888. The van der Waals surface area contributed by atoms with E-state index >= 15 is 0 Å². The third-order valence-corrected chi connectivity index (χ3v) is 5.45. The summed E-state index contributed by atoms with van der Waals surface area (Å²) in [7, 11) is -8.61. The van der Waals surface area contributed by atoms with Crippen LogP contribution in [0, 0.1) is 0 Å². The second-order valence-electron chi connectivity index (χ2n) is 5.56. The molecule has 1 atom stereocenters. The van der Waals surface area contributed by atoms with Gasteiger partial charge < -0.3 is 9.11 Å². The molecule has 1 unspecified atom stereocenters. The second kappa shape index (κ2) is 14.9. The molecule has 0 bridgehead atoms. The maximum atomic E-state index is 10.6. The smallest absolute Gasteiger partial charge is 0.744 e. The van der Waals surface area contributed by atoms with Gasteiger partial charge in [-0.05, 0) is 47.7 Å². The maximum absolute atomic E-state index is 10.6. The standard InChI is InChI=1S/C10H14O3S.C8H8O3S.CH4.2Na.H2/c1-3-8(2)9-4-6-10(7-5-9)14(11,12)13;1-2-7-3-5-8(6-4-7)12(9,10)11;;;;/h4-8H,3H2,1-2H3,(H,11,12,13);2-6H,1H2,(H,9,10,11);1H4;;;1H/q;;;2*+1;/p-2. The number of benzene rings is 2. The molecule has 0 aliphatic heterocycles. The first-order valence-electron chi connectivity index (χ1n) is 7.73. The molecule has 0 spiro atoms. The molecule has 2 aromatic carbocycles. The van der Waals surface area contributed by atoms with E-state index < -0.39 is 20.2 Å². The average Bonchev–Trinajstić information content (AvgIpc) is 2.60. The Bertz CT molecular complexity index is 946. The van der Waals surface area contributed by atoms with Crippen molar-refractivity contribution >= 4 is 26.3 Å². The van der Waals surface area contributed by atoms with Gasteiger partial charge in [-0.3, -0.25) is 0 Å². The van der Waals surface area contributed by atoms with E-state index in [1.54, 1.807) is 18.2 Å². The first-order chi connectivity index (χ1) is 12.0. The molecule has 2 aromatic rings. The Labute approximate surface area is 220 Å². The van der Waals surface area contributed by atoms with Gasteiger partial charge in [0.15, 0.2) is 0 Å². The van der Waals surface area contributed by atoms with Gasteiger partial charge in [0.05, 0.1) is 9.79 Å². The van der Waals surface area contributed by atoms with Crippen LogP contribution in [-0.4, -0.2) is 25.9 Å². The molecule has 0 saturated carbocycles. The molecule has 0 radical (unpaired) electrons. The molecular formula is C19H26Na2O6S2. The van der Waals surface area contributed by atoms with Gasteiger partial charge in [0, 0.05) is 1.43 Å². The molecule has 0 aliphatic carbocycles. The van der Waals surface area contributed by atoms with Crippen molar-refractivity contribution in [3.8, 4) is 0 Å². The van der Waals surface area contributed by atoms with Crippen LogP contribution in [0.15, 0.2) is 64.9 Å². The Balaban J connectivity index is -0.000000200. The van der Waals surface area contributed by atoms with Crippen molar-refractivity contribution in [2.24, 2.45) is 0 Å². The zero-order valence-electron chi connectivity index (χ0n) is 16.5. The molecule has 0 aliphatic rings. The largest absolute Gasteiger partial charge is 1.00 e. The summed E-state index contributed by atoms with van der Waals surface area (Å²) >= 11 is 0. The molecule has 152 valence electrons. The van der Waals surface area contributed by atoms with Gasteiger partial charge in [-0.25, -0.2) is 16.8 Å². The summed E-state index contributed by atoms with van der Waals surface area (Å²) < 4.78 is 63.2. The summed E-state index contributed by atoms with van der Waals surface area (Å²) in [6, 6.07) is 11.7. The summed E-state index contributed by atoms with van der Waals surface area (Å²) in [4.78, 5) is -0.377. The summed E-state index contributed by atoms with van der Waals surface area (Å²) in [5.74, 6) is 0.387. The molecule has 2 rings (SSSR count). The van der Waals surface area contributed by atoms with Crippen molar-refractivity contribution in [3.05, 3.63) is 66.2 Å². The van der Waals surface area contributed by atoms with Gasteiger partial charge >= 0.3 is 59.1 Å². The van der Waals surface area contributed by atoms with Crippen LogP contribution >= 0.6 is 0 Å². The minimum Gasteiger partial charge on any atom is -0.744 e. The van der Waals surface area contributed by atoms with E-state index in [9.17, 15) is 25.9 Å². The first kappa shape index (κ1) is 33.6. The van der Waals surface area contributed by atoms with Crippen molar-refractivity contribution in [2.45, 2.75) is 43.4 Å². The normalized spacial score (nSPS) is 11.3. The van der Waals surface area contributed by atoms with Gasteiger partial charge in [-0.15, -0.1) is 0 Å². The van der Waals surface area contributed by atoms with Crippen LogP contribution in [0.3, 0.4) is 0 Å². The van der Waals surface area contributed by atoms with Crippen LogP contribution in [0.5, 0.6) is 0 Å². The number of hydrogen-bond donors (Lipinski definition) is 0. The zero-order valence-corrected chi connectivity index (χ0v) is 22.1. The Morgan fingerprint density at radius 3 is 1.52 bits per heavy atom. The van der Waals surface area contributed by atoms with Crippen LogP contribution in [0.2, 0.25) is 0 Å². The van der Waals surface area contributed by atoms with Crippen molar-refractivity contribution < 1.29 is 86.5 Å². The average molecular weight is 461 g/mol. The fraction of sp³-hybridized carbons (Fsp3) is 0.263. The Morgan fingerprint density at radius 2 is 1.24 bits per heavy atom. The summed E-state index contributed by atoms with van der Waals surface area (Å²) in [5.41, 5.74) is 1.84. The van der Waals surface area contributed by atoms with Crippen LogP contribution in [0.25, 0.3) is 6.08 Å². The summed E-state index contributed by atoms with van der Waals surface area (Å²) in [5, 5.41) is 0. The predicted molar refractivity (Wildman–Crippen MR) is 106 cm³/mol. The van der Waals surface area contributed by atoms with E-state index in [1.807, 2.05) is 0 Å². The molecule has 29 heavy (non-hydrogen) atoms. The minimum absolute atomic E-state index is 0. The van der Waals surface area contributed by atoms with E-state index in [2.05, 4.69) is 20.4 Å². The fourth-order valence-corrected chi connectivity index (χ4v) is 2.91.